The first-order valence-electron chi connectivity index (χ1n) is 7.66. The maximum atomic E-state index is 9.44. The number of benzene rings is 1. The molecule has 0 aliphatic carbocycles. The summed E-state index contributed by atoms with van der Waals surface area (Å²) in [5, 5.41) is 9.44. The second-order valence-electron chi connectivity index (χ2n) is 5.82. The van der Waals surface area contributed by atoms with Crippen molar-refractivity contribution in [2.45, 2.75) is 39.0 Å². The molecule has 1 unspecified atom stereocenters. The van der Waals surface area contributed by atoms with Gasteiger partial charge < -0.3 is 5.11 Å². The van der Waals surface area contributed by atoms with Crippen LogP contribution in [-0.4, -0.2) is 27.6 Å². The third-order valence-corrected chi connectivity index (χ3v) is 4.35. The first kappa shape index (κ1) is 14.2. The Balaban J connectivity index is 1.86. The molecule has 110 valence electrons. The van der Waals surface area contributed by atoms with Gasteiger partial charge in [0.2, 0.25) is 0 Å². The zero-order valence-corrected chi connectivity index (χ0v) is 12.5. The molecule has 1 N–H and O–H groups in total. The minimum atomic E-state index is -0.0242. The maximum absolute atomic E-state index is 9.44. The van der Waals surface area contributed by atoms with Gasteiger partial charge in [-0.05, 0) is 49.6 Å². The lowest BCUT2D eigenvalue weighted by Crippen LogP contribution is -2.26. The first-order valence-corrected chi connectivity index (χ1v) is 7.66. The minimum Gasteiger partial charge on any atom is -0.390 e. The topological polar surface area (TPSA) is 36.4 Å². The Morgan fingerprint density at radius 2 is 2.19 bits per heavy atom. The molecule has 1 aliphatic heterocycles. The molecule has 2 heterocycles. The molecule has 3 heteroatoms. The second kappa shape index (κ2) is 6.37. The fourth-order valence-electron chi connectivity index (χ4n) is 3.13. The van der Waals surface area contributed by atoms with Gasteiger partial charge in [0, 0.05) is 24.3 Å². The van der Waals surface area contributed by atoms with Crippen molar-refractivity contribution in [3.8, 4) is 11.1 Å². The summed E-state index contributed by atoms with van der Waals surface area (Å²) < 4.78 is 0. The molecule has 2 aromatic rings. The highest BCUT2D eigenvalue weighted by atomic mass is 16.3. The van der Waals surface area contributed by atoms with E-state index in [9.17, 15) is 5.11 Å². The van der Waals surface area contributed by atoms with Crippen LogP contribution >= 0.6 is 0 Å². The number of hydrogen-bond donors (Lipinski definition) is 1. The number of aliphatic hydroxyl groups is 1. The van der Waals surface area contributed by atoms with Crippen LogP contribution in [0.5, 0.6) is 0 Å². The quantitative estimate of drug-likeness (QED) is 0.935. The van der Waals surface area contributed by atoms with Gasteiger partial charge in [-0.3, -0.25) is 9.88 Å². The monoisotopic (exact) mass is 282 g/mol. The number of likely N-dealkylation sites (tertiary alicyclic amines) is 1. The molecule has 21 heavy (non-hydrogen) atoms. The Hall–Kier alpha value is -1.71. The Kier molecular flexibility index (Phi) is 4.32. The van der Waals surface area contributed by atoms with E-state index in [0.29, 0.717) is 6.04 Å². The molecule has 0 amide bonds. The lowest BCUT2D eigenvalue weighted by molar-refractivity contribution is 0.260. The molecule has 0 saturated carbocycles. The normalized spacial score (nSPS) is 19.0. The SMILES string of the molecule is CC1CCCN1Cc1cccc(-c2cccnc2CO)c1. The van der Waals surface area contributed by atoms with E-state index < -0.39 is 0 Å². The molecule has 1 saturated heterocycles. The lowest BCUT2D eigenvalue weighted by atomic mass is 10.0. The predicted octanol–water partition coefficient (Wildman–Crippen LogP) is 3.23. The Labute approximate surface area is 126 Å². The highest BCUT2D eigenvalue weighted by molar-refractivity contribution is 5.66. The molecule has 3 rings (SSSR count). The number of pyridine rings is 1. The molecule has 0 spiro atoms. The van der Waals surface area contributed by atoms with Crippen LogP contribution in [0.3, 0.4) is 0 Å². The standard InChI is InChI=1S/C18H22N2O/c1-14-5-4-10-20(14)12-15-6-2-7-16(11-15)17-8-3-9-19-18(17)13-21/h2-3,6-9,11,14,21H,4-5,10,12-13H2,1H3. The van der Waals surface area contributed by atoms with E-state index in [1.165, 1.54) is 24.9 Å². The van der Waals surface area contributed by atoms with Crippen molar-refractivity contribution in [1.82, 2.24) is 9.88 Å². The molecular formula is C18H22N2O. The van der Waals surface area contributed by atoms with Crippen LogP contribution in [0, 0.1) is 0 Å². The molecule has 0 radical (unpaired) electrons. The van der Waals surface area contributed by atoms with Gasteiger partial charge in [0.1, 0.15) is 0 Å². The fourth-order valence-corrected chi connectivity index (χ4v) is 3.13. The molecule has 1 fully saturated rings. The number of rotatable bonds is 4. The van der Waals surface area contributed by atoms with E-state index in [1.807, 2.05) is 12.1 Å². The van der Waals surface area contributed by atoms with Crippen LogP contribution in [0.25, 0.3) is 11.1 Å². The molecule has 1 aromatic heterocycles. The maximum Gasteiger partial charge on any atom is 0.0859 e. The van der Waals surface area contributed by atoms with Gasteiger partial charge in [0.25, 0.3) is 0 Å². The minimum absolute atomic E-state index is 0.0242. The molecule has 1 aliphatic rings. The van der Waals surface area contributed by atoms with Gasteiger partial charge in [0.05, 0.1) is 12.3 Å². The molecule has 1 atom stereocenters. The van der Waals surface area contributed by atoms with Crippen molar-refractivity contribution in [3.63, 3.8) is 0 Å². The van der Waals surface area contributed by atoms with Crippen molar-refractivity contribution < 1.29 is 5.11 Å². The Morgan fingerprint density at radius 1 is 1.29 bits per heavy atom. The van der Waals surface area contributed by atoms with Gasteiger partial charge in [-0.1, -0.05) is 24.3 Å². The molecule has 0 bridgehead atoms. The van der Waals surface area contributed by atoms with Crippen molar-refractivity contribution in [2.24, 2.45) is 0 Å². The lowest BCUT2D eigenvalue weighted by Gasteiger charge is -2.21. The van der Waals surface area contributed by atoms with Gasteiger partial charge in [-0.25, -0.2) is 0 Å². The largest absolute Gasteiger partial charge is 0.390 e. The van der Waals surface area contributed by atoms with E-state index in [2.05, 4.69) is 41.1 Å². The van der Waals surface area contributed by atoms with Crippen molar-refractivity contribution >= 4 is 0 Å². The highest BCUT2D eigenvalue weighted by Crippen LogP contribution is 2.25. The van der Waals surface area contributed by atoms with E-state index in [1.54, 1.807) is 6.20 Å². The van der Waals surface area contributed by atoms with E-state index in [0.717, 1.165) is 23.4 Å². The Bertz CT molecular complexity index is 612. The summed E-state index contributed by atoms with van der Waals surface area (Å²) in [7, 11) is 0. The van der Waals surface area contributed by atoms with Crippen molar-refractivity contribution in [1.29, 1.82) is 0 Å². The predicted molar refractivity (Wildman–Crippen MR) is 84.7 cm³/mol. The van der Waals surface area contributed by atoms with Crippen LogP contribution in [0.1, 0.15) is 31.0 Å². The number of aromatic nitrogens is 1. The van der Waals surface area contributed by atoms with Crippen LogP contribution in [0.4, 0.5) is 0 Å². The van der Waals surface area contributed by atoms with E-state index in [4.69, 9.17) is 0 Å². The van der Waals surface area contributed by atoms with Crippen LogP contribution in [0.2, 0.25) is 0 Å². The third-order valence-electron chi connectivity index (χ3n) is 4.35. The fraction of sp³-hybridized carbons (Fsp3) is 0.389. The second-order valence-corrected chi connectivity index (χ2v) is 5.82. The summed E-state index contributed by atoms with van der Waals surface area (Å²) in [6, 6.07) is 13.2. The molecular weight excluding hydrogens is 260 g/mol. The summed E-state index contributed by atoms with van der Waals surface area (Å²) in [5.41, 5.74) is 4.23. The summed E-state index contributed by atoms with van der Waals surface area (Å²) in [6.45, 7) is 4.48. The average Bonchev–Trinajstić information content (AvgIpc) is 2.93. The third kappa shape index (κ3) is 3.14. The highest BCUT2D eigenvalue weighted by Gasteiger charge is 2.20. The van der Waals surface area contributed by atoms with Crippen LogP contribution in [0.15, 0.2) is 42.6 Å². The smallest absolute Gasteiger partial charge is 0.0859 e. The van der Waals surface area contributed by atoms with Crippen LogP contribution in [-0.2, 0) is 13.2 Å². The molecule has 3 nitrogen and oxygen atoms in total. The number of nitrogens with zero attached hydrogens (tertiary/aromatic N) is 2. The summed E-state index contributed by atoms with van der Waals surface area (Å²) >= 11 is 0. The van der Waals surface area contributed by atoms with Crippen LogP contribution < -0.4 is 0 Å². The van der Waals surface area contributed by atoms with Crippen molar-refractivity contribution in [2.75, 3.05) is 6.54 Å². The van der Waals surface area contributed by atoms with E-state index in [-0.39, 0.29) is 6.61 Å². The average molecular weight is 282 g/mol. The summed E-state index contributed by atoms with van der Waals surface area (Å²) in [4.78, 5) is 6.80. The van der Waals surface area contributed by atoms with Gasteiger partial charge in [-0.15, -0.1) is 0 Å². The van der Waals surface area contributed by atoms with Gasteiger partial charge in [-0.2, -0.15) is 0 Å². The zero-order chi connectivity index (χ0) is 14.7. The zero-order valence-electron chi connectivity index (χ0n) is 12.5. The van der Waals surface area contributed by atoms with E-state index >= 15 is 0 Å². The number of hydrogen-bond acceptors (Lipinski definition) is 3. The first-order chi connectivity index (χ1) is 10.3. The summed E-state index contributed by atoms with van der Waals surface area (Å²) in [5.74, 6) is 0. The van der Waals surface area contributed by atoms with Gasteiger partial charge in [0.15, 0.2) is 0 Å². The van der Waals surface area contributed by atoms with Crippen molar-refractivity contribution in [3.05, 3.63) is 53.9 Å². The Morgan fingerprint density at radius 3 is 2.95 bits per heavy atom. The summed E-state index contributed by atoms with van der Waals surface area (Å²) in [6.07, 6.45) is 4.33. The number of aliphatic hydroxyl groups excluding tert-OH is 1. The van der Waals surface area contributed by atoms with Gasteiger partial charge >= 0.3 is 0 Å². The molecule has 1 aromatic carbocycles.